The van der Waals surface area contributed by atoms with E-state index < -0.39 is 44.0 Å². The maximum atomic E-state index is 14.2. The van der Waals surface area contributed by atoms with E-state index in [1.807, 2.05) is 44.2 Å². The first-order valence-electron chi connectivity index (χ1n) is 14.0. The predicted octanol–water partition coefficient (Wildman–Crippen LogP) is 4.99. The summed E-state index contributed by atoms with van der Waals surface area (Å²) in [4.78, 5) is 39.1. The van der Waals surface area contributed by atoms with Crippen LogP contribution in [0, 0.1) is 23.0 Å². The van der Waals surface area contributed by atoms with E-state index in [0.29, 0.717) is 13.0 Å². The number of carbonyl (C=O) groups excluding carboxylic acids is 2. The first kappa shape index (κ1) is 34.3. The fourth-order valence-electron chi connectivity index (χ4n) is 4.47. The van der Waals surface area contributed by atoms with E-state index in [1.54, 1.807) is 6.92 Å². The Morgan fingerprint density at radius 3 is 2.34 bits per heavy atom. The summed E-state index contributed by atoms with van der Waals surface area (Å²) in [7, 11) is -3.26. The lowest BCUT2D eigenvalue weighted by Gasteiger charge is -2.32. The zero-order valence-corrected chi connectivity index (χ0v) is 26.9. The molecule has 236 valence electrons. The minimum Gasteiger partial charge on any atom is -0.495 e. The Hall–Kier alpha value is -4.16. The molecule has 0 spiro atoms. The van der Waals surface area contributed by atoms with Gasteiger partial charge in [0.15, 0.2) is 0 Å². The van der Waals surface area contributed by atoms with Crippen LogP contribution in [-0.2, 0) is 26.0 Å². The van der Waals surface area contributed by atoms with Gasteiger partial charge in [-0.05, 0) is 56.0 Å². The van der Waals surface area contributed by atoms with E-state index in [2.05, 4.69) is 5.32 Å². The van der Waals surface area contributed by atoms with Crippen LogP contribution in [0.1, 0.15) is 31.9 Å². The number of aryl methyl sites for hydroxylation is 1. The maximum absolute atomic E-state index is 14.2. The van der Waals surface area contributed by atoms with Crippen molar-refractivity contribution in [1.29, 1.82) is 0 Å². The molecule has 1 atom stereocenters. The SMILES string of the molecule is COc1ccc(Cl)cc1N(CC(=O)N(CCc1ccccc1)[C@H](C)C(=O)NCC(C)C)S(=O)(=O)c1ccc(C)c([N+](=O)[O-])c1. The molecule has 44 heavy (non-hydrogen) atoms. The van der Waals surface area contributed by atoms with E-state index in [4.69, 9.17) is 16.3 Å². The molecule has 13 heteroatoms. The fraction of sp³-hybridized carbons (Fsp3) is 0.355. The van der Waals surface area contributed by atoms with Gasteiger partial charge in [0.05, 0.1) is 22.6 Å². The van der Waals surface area contributed by atoms with Crippen LogP contribution in [0.15, 0.2) is 71.6 Å². The number of anilines is 1. The lowest BCUT2D eigenvalue weighted by atomic mass is 10.1. The van der Waals surface area contributed by atoms with Gasteiger partial charge < -0.3 is 15.0 Å². The third-order valence-corrected chi connectivity index (χ3v) is 8.98. The van der Waals surface area contributed by atoms with E-state index in [0.717, 1.165) is 15.9 Å². The van der Waals surface area contributed by atoms with Crippen molar-refractivity contribution in [3.63, 3.8) is 0 Å². The number of nitrogens with one attached hydrogen (secondary N) is 1. The van der Waals surface area contributed by atoms with Crippen LogP contribution in [0.5, 0.6) is 5.75 Å². The smallest absolute Gasteiger partial charge is 0.273 e. The highest BCUT2D eigenvalue weighted by Crippen LogP contribution is 2.36. The van der Waals surface area contributed by atoms with Crippen LogP contribution in [-0.4, -0.2) is 62.8 Å². The summed E-state index contributed by atoms with van der Waals surface area (Å²) < 4.78 is 34.6. The number of ether oxygens (including phenoxy) is 1. The summed E-state index contributed by atoms with van der Waals surface area (Å²) in [5.41, 5.74) is 0.755. The molecule has 0 heterocycles. The van der Waals surface area contributed by atoms with Crippen LogP contribution in [0.25, 0.3) is 0 Å². The molecular formula is C31H37ClN4O7S. The Bertz CT molecular complexity index is 1600. The molecular weight excluding hydrogens is 608 g/mol. The number of carbonyl (C=O) groups is 2. The van der Waals surface area contributed by atoms with Gasteiger partial charge in [0.25, 0.3) is 15.7 Å². The van der Waals surface area contributed by atoms with Gasteiger partial charge in [-0.1, -0.05) is 61.8 Å². The third kappa shape index (κ3) is 8.48. The number of sulfonamides is 1. The molecule has 11 nitrogen and oxygen atoms in total. The summed E-state index contributed by atoms with van der Waals surface area (Å²) in [5, 5.41) is 14.6. The van der Waals surface area contributed by atoms with Crippen LogP contribution in [0.4, 0.5) is 11.4 Å². The average molecular weight is 645 g/mol. The highest BCUT2D eigenvalue weighted by molar-refractivity contribution is 7.92. The molecule has 0 saturated heterocycles. The van der Waals surface area contributed by atoms with E-state index in [1.165, 1.54) is 49.3 Å². The first-order valence-corrected chi connectivity index (χ1v) is 15.8. The molecule has 3 rings (SSSR count). The standard InChI is InChI=1S/C31H37ClN4O7S/c1-21(2)19-33-31(38)23(4)34(16-15-24-9-7-6-8-10-24)30(37)20-35(28-17-25(32)12-14-29(28)43-5)44(41,42)26-13-11-22(3)27(18-26)36(39)40/h6-14,17-18,21,23H,15-16,19-20H2,1-5H3,(H,33,38)/t23-/m1/s1. The summed E-state index contributed by atoms with van der Waals surface area (Å²) in [5.74, 6) is -0.774. The van der Waals surface area contributed by atoms with Crippen molar-refractivity contribution in [2.24, 2.45) is 5.92 Å². The Morgan fingerprint density at radius 1 is 1.05 bits per heavy atom. The number of hydrogen-bond donors (Lipinski definition) is 1. The molecule has 3 aromatic rings. The fourth-order valence-corrected chi connectivity index (χ4v) is 6.07. The quantitative estimate of drug-likeness (QED) is 0.193. The van der Waals surface area contributed by atoms with Gasteiger partial charge in [-0.2, -0.15) is 0 Å². The second kappa shape index (κ2) is 15.0. The number of nitro benzene ring substituents is 1. The number of nitro groups is 1. The normalized spacial score (nSPS) is 12.0. The zero-order chi connectivity index (χ0) is 32.6. The molecule has 0 bridgehead atoms. The number of nitrogens with zero attached hydrogens (tertiary/aromatic N) is 3. The van der Waals surface area contributed by atoms with Crippen molar-refractivity contribution in [2.75, 3.05) is 31.0 Å². The van der Waals surface area contributed by atoms with Crippen molar-refractivity contribution < 1.29 is 27.7 Å². The lowest BCUT2D eigenvalue weighted by Crippen LogP contribution is -2.52. The molecule has 0 unspecified atom stereocenters. The van der Waals surface area contributed by atoms with Gasteiger partial charge in [-0.25, -0.2) is 8.42 Å². The van der Waals surface area contributed by atoms with Gasteiger partial charge in [0.2, 0.25) is 11.8 Å². The highest BCUT2D eigenvalue weighted by Gasteiger charge is 2.34. The molecule has 0 aliphatic rings. The minimum atomic E-state index is -4.60. The number of amides is 2. The number of rotatable bonds is 14. The second-order valence-corrected chi connectivity index (χ2v) is 13.0. The summed E-state index contributed by atoms with van der Waals surface area (Å²) in [6.45, 7) is 6.75. The third-order valence-electron chi connectivity index (χ3n) is 6.99. The summed E-state index contributed by atoms with van der Waals surface area (Å²) in [6, 6.07) is 16.2. The molecule has 0 aliphatic heterocycles. The number of halogens is 1. The van der Waals surface area contributed by atoms with Crippen molar-refractivity contribution in [2.45, 2.75) is 45.1 Å². The Balaban J connectivity index is 2.10. The van der Waals surface area contributed by atoms with Crippen molar-refractivity contribution in [1.82, 2.24) is 10.2 Å². The van der Waals surface area contributed by atoms with Gasteiger partial charge in [0.1, 0.15) is 18.3 Å². The Morgan fingerprint density at radius 2 is 1.73 bits per heavy atom. The average Bonchev–Trinajstić information content (AvgIpc) is 2.98. The summed E-state index contributed by atoms with van der Waals surface area (Å²) in [6.07, 6.45) is 0.409. The molecule has 3 aromatic carbocycles. The molecule has 2 amide bonds. The number of hydrogen-bond acceptors (Lipinski definition) is 7. The molecule has 0 saturated carbocycles. The molecule has 0 radical (unpaired) electrons. The monoisotopic (exact) mass is 644 g/mol. The molecule has 0 aliphatic carbocycles. The maximum Gasteiger partial charge on any atom is 0.273 e. The van der Waals surface area contributed by atoms with Gasteiger partial charge in [0, 0.05) is 29.7 Å². The Labute approximate surface area is 263 Å². The van der Waals surface area contributed by atoms with E-state index in [-0.39, 0.29) is 40.4 Å². The van der Waals surface area contributed by atoms with Crippen LogP contribution in [0.3, 0.4) is 0 Å². The van der Waals surface area contributed by atoms with Gasteiger partial charge in [-0.3, -0.25) is 24.0 Å². The summed E-state index contributed by atoms with van der Waals surface area (Å²) >= 11 is 6.26. The zero-order valence-electron chi connectivity index (χ0n) is 25.3. The first-order chi connectivity index (χ1) is 20.8. The lowest BCUT2D eigenvalue weighted by molar-refractivity contribution is -0.385. The largest absolute Gasteiger partial charge is 0.495 e. The van der Waals surface area contributed by atoms with E-state index >= 15 is 0 Å². The van der Waals surface area contributed by atoms with Crippen molar-refractivity contribution in [3.8, 4) is 5.75 Å². The second-order valence-electron chi connectivity index (χ2n) is 10.7. The van der Waals surface area contributed by atoms with Crippen LogP contribution >= 0.6 is 11.6 Å². The number of benzene rings is 3. The van der Waals surface area contributed by atoms with E-state index in [9.17, 15) is 28.1 Å². The topological polar surface area (TPSA) is 139 Å². The van der Waals surface area contributed by atoms with Crippen molar-refractivity contribution >= 4 is 44.8 Å². The predicted molar refractivity (Wildman–Crippen MR) is 170 cm³/mol. The van der Waals surface area contributed by atoms with Crippen molar-refractivity contribution in [3.05, 3.63) is 93.0 Å². The Kier molecular flexibility index (Phi) is 11.7. The highest BCUT2D eigenvalue weighted by atomic mass is 35.5. The molecule has 0 aromatic heterocycles. The van der Waals surface area contributed by atoms with Gasteiger partial charge in [-0.15, -0.1) is 0 Å². The van der Waals surface area contributed by atoms with Gasteiger partial charge >= 0.3 is 0 Å². The number of methoxy groups -OCH3 is 1. The van der Waals surface area contributed by atoms with Crippen LogP contribution < -0.4 is 14.4 Å². The molecule has 0 fully saturated rings. The minimum absolute atomic E-state index is 0.0449. The molecule has 1 N–H and O–H groups in total. The van der Waals surface area contributed by atoms with Crippen LogP contribution in [0.2, 0.25) is 5.02 Å².